The number of hydrogen-bond donors (Lipinski definition) is 2. The summed E-state index contributed by atoms with van der Waals surface area (Å²) in [5.74, 6) is 0.304. The molecule has 2 unspecified atom stereocenters. The minimum absolute atomic E-state index is 0.0554. The van der Waals surface area contributed by atoms with Crippen LogP contribution < -0.4 is 10.3 Å². The number of nitro groups is 1. The number of rotatable bonds is 3. The molecule has 3 rings (SSSR count). The van der Waals surface area contributed by atoms with Crippen molar-refractivity contribution >= 4 is 5.69 Å². The Hall–Kier alpha value is -2.67. The topological polar surface area (TPSA) is 105 Å². The number of aliphatic hydroxyl groups is 1. The molecule has 0 bridgehead atoms. The lowest BCUT2D eigenvalue weighted by molar-refractivity contribution is -0.385. The van der Waals surface area contributed by atoms with Gasteiger partial charge < -0.3 is 14.8 Å². The predicted molar refractivity (Wildman–Crippen MR) is 87.0 cm³/mol. The molecule has 1 aromatic carbocycles. The van der Waals surface area contributed by atoms with Crippen molar-refractivity contribution in [2.45, 2.75) is 32.5 Å². The Labute approximate surface area is 138 Å². The molecule has 1 aromatic heterocycles. The van der Waals surface area contributed by atoms with Crippen molar-refractivity contribution in [1.82, 2.24) is 4.98 Å². The predicted octanol–water partition coefficient (Wildman–Crippen LogP) is 2.35. The number of benzene rings is 1. The number of aromatic nitrogens is 1. The SMILES string of the molecule is CC1(C)Cc2ccc([N+](=O)[O-])cc2C(Oc2cc[nH]c(=O)c2)C1O. The number of non-ortho nitro benzene ring substituents is 1. The molecule has 0 radical (unpaired) electrons. The van der Waals surface area contributed by atoms with Crippen molar-refractivity contribution in [3.63, 3.8) is 0 Å². The van der Waals surface area contributed by atoms with Crippen molar-refractivity contribution in [1.29, 1.82) is 0 Å². The van der Waals surface area contributed by atoms with Crippen LogP contribution in [0.4, 0.5) is 5.69 Å². The second kappa shape index (κ2) is 5.76. The molecule has 7 heteroatoms. The first-order valence-corrected chi connectivity index (χ1v) is 7.58. The zero-order chi connectivity index (χ0) is 17.5. The number of ether oxygens (including phenoxy) is 1. The molecule has 1 heterocycles. The molecule has 1 aliphatic rings. The highest BCUT2D eigenvalue weighted by Gasteiger charge is 2.43. The summed E-state index contributed by atoms with van der Waals surface area (Å²) in [5, 5.41) is 21.8. The summed E-state index contributed by atoms with van der Waals surface area (Å²) in [7, 11) is 0. The number of aromatic amines is 1. The van der Waals surface area contributed by atoms with Crippen molar-refractivity contribution in [3.05, 3.63) is 68.1 Å². The maximum absolute atomic E-state index is 11.4. The van der Waals surface area contributed by atoms with E-state index in [-0.39, 0.29) is 11.2 Å². The fraction of sp³-hybridized carbons (Fsp3) is 0.353. The maximum atomic E-state index is 11.4. The Morgan fingerprint density at radius 2 is 2.08 bits per heavy atom. The van der Waals surface area contributed by atoms with Crippen LogP contribution in [0.3, 0.4) is 0 Å². The molecule has 0 spiro atoms. The Morgan fingerprint density at radius 3 is 2.75 bits per heavy atom. The second-order valence-electron chi connectivity index (χ2n) is 6.68. The van der Waals surface area contributed by atoms with E-state index >= 15 is 0 Å². The van der Waals surface area contributed by atoms with Gasteiger partial charge >= 0.3 is 0 Å². The van der Waals surface area contributed by atoms with Crippen molar-refractivity contribution in [2.24, 2.45) is 5.41 Å². The number of nitro benzene ring substituents is 1. The number of nitrogens with one attached hydrogen (secondary N) is 1. The Morgan fingerprint density at radius 1 is 1.33 bits per heavy atom. The summed E-state index contributed by atoms with van der Waals surface area (Å²) >= 11 is 0. The minimum Gasteiger partial charge on any atom is -0.483 e. The molecule has 2 aromatic rings. The molecule has 0 aliphatic heterocycles. The average molecular weight is 330 g/mol. The van der Waals surface area contributed by atoms with Crippen LogP contribution in [-0.4, -0.2) is 21.1 Å². The molecule has 0 saturated carbocycles. The average Bonchev–Trinajstić information content (AvgIpc) is 2.51. The highest BCUT2D eigenvalue weighted by molar-refractivity contribution is 5.44. The van der Waals surface area contributed by atoms with Gasteiger partial charge in [-0.25, -0.2) is 0 Å². The Kier molecular flexibility index (Phi) is 3.88. The van der Waals surface area contributed by atoms with Gasteiger partial charge in [-0.1, -0.05) is 19.9 Å². The largest absolute Gasteiger partial charge is 0.483 e. The normalized spacial score (nSPS) is 21.8. The monoisotopic (exact) mass is 330 g/mol. The van der Waals surface area contributed by atoms with Gasteiger partial charge in [0.15, 0.2) is 6.10 Å². The molecular formula is C17H18N2O5. The summed E-state index contributed by atoms with van der Waals surface area (Å²) in [6.07, 6.45) is 0.375. The van der Waals surface area contributed by atoms with Gasteiger partial charge in [0.05, 0.1) is 4.92 Å². The van der Waals surface area contributed by atoms with E-state index in [0.29, 0.717) is 17.7 Å². The number of pyridine rings is 1. The fourth-order valence-electron chi connectivity index (χ4n) is 3.07. The summed E-state index contributed by atoms with van der Waals surface area (Å²) in [6, 6.07) is 7.45. The van der Waals surface area contributed by atoms with Crippen LogP contribution in [-0.2, 0) is 6.42 Å². The van der Waals surface area contributed by atoms with E-state index in [9.17, 15) is 20.0 Å². The molecule has 2 atom stereocenters. The van der Waals surface area contributed by atoms with Gasteiger partial charge in [0, 0.05) is 30.0 Å². The summed E-state index contributed by atoms with van der Waals surface area (Å²) in [6.45, 7) is 3.83. The summed E-state index contributed by atoms with van der Waals surface area (Å²) < 4.78 is 5.85. The second-order valence-corrected chi connectivity index (χ2v) is 6.68. The first-order chi connectivity index (χ1) is 11.3. The summed E-state index contributed by atoms with van der Waals surface area (Å²) in [4.78, 5) is 24.5. The number of hydrogen-bond acceptors (Lipinski definition) is 5. The third-order valence-corrected chi connectivity index (χ3v) is 4.39. The Bertz CT molecular complexity index is 843. The molecule has 0 fully saturated rings. The Balaban J connectivity index is 2.07. The quantitative estimate of drug-likeness (QED) is 0.664. The number of H-pyrrole nitrogens is 1. The van der Waals surface area contributed by atoms with Crippen LogP contribution in [0, 0.1) is 15.5 Å². The van der Waals surface area contributed by atoms with Crippen LogP contribution in [0.2, 0.25) is 0 Å². The summed E-state index contributed by atoms with van der Waals surface area (Å²) in [5.41, 5.74) is 0.633. The molecule has 7 nitrogen and oxygen atoms in total. The number of fused-ring (bicyclic) bond motifs is 1. The number of nitrogens with zero attached hydrogens (tertiary/aromatic N) is 1. The van der Waals surface area contributed by atoms with Gasteiger partial charge in [-0.2, -0.15) is 0 Å². The maximum Gasteiger partial charge on any atom is 0.269 e. The molecule has 0 amide bonds. The standard InChI is InChI=1S/C17H18N2O5/c1-17(2)9-10-3-4-11(19(22)23)7-13(10)15(16(17)21)24-12-5-6-18-14(20)8-12/h3-8,15-16,21H,9H2,1-2H3,(H,18,20). The molecule has 24 heavy (non-hydrogen) atoms. The lowest BCUT2D eigenvalue weighted by Crippen LogP contribution is -2.43. The lowest BCUT2D eigenvalue weighted by Gasteiger charge is -2.41. The molecular weight excluding hydrogens is 312 g/mol. The van der Waals surface area contributed by atoms with Crippen LogP contribution in [0.15, 0.2) is 41.3 Å². The molecule has 1 aliphatic carbocycles. The van der Waals surface area contributed by atoms with E-state index in [4.69, 9.17) is 4.74 Å². The van der Waals surface area contributed by atoms with Crippen LogP contribution in [0.1, 0.15) is 31.1 Å². The van der Waals surface area contributed by atoms with E-state index in [0.717, 1.165) is 5.56 Å². The third-order valence-electron chi connectivity index (χ3n) is 4.39. The van der Waals surface area contributed by atoms with E-state index in [1.165, 1.54) is 24.4 Å². The van der Waals surface area contributed by atoms with Gasteiger partial charge in [0.25, 0.3) is 11.2 Å². The highest BCUT2D eigenvalue weighted by atomic mass is 16.6. The molecule has 0 saturated heterocycles. The van der Waals surface area contributed by atoms with Gasteiger partial charge in [-0.3, -0.25) is 14.9 Å². The van der Waals surface area contributed by atoms with Gasteiger partial charge in [-0.15, -0.1) is 0 Å². The smallest absolute Gasteiger partial charge is 0.269 e. The number of aliphatic hydroxyl groups excluding tert-OH is 1. The van der Waals surface area contributed by atoms with E-state index in [1.807, 2.05) is 13.8 Å². The van der Waals surface area contributed by atoms with Crippen molar-refractivity contribution < 1.29 is 14.8 Å². The lowest BCUT2D eigenvalue weighted by atomic mass is 9.70. The van der Waals surface area contributed by atoms with Crippen LogP contribution in [0.25, 0.3) is 0 Å². The van der Waals surface area contributed by atoms with Gasteiger partial charge in [-0.05, 0) is 23.5 Å². The van der Waals surface area contributed by atoms with Crippen molar-refractivity contribution in [3.8, 4) is 5.75 Å². The van der Waals surface area contributed by atoms with Crippen molar-refractivity contribution in [2.75, 3.05) is 0 Å². The van der Waals surface area contributed by atoms with Gasteiger partial charge in [0.2, 0.25) is 0 Å². The highest BCUT2D eigenvalue weighted by Crippen LogP contribution is 2.44. The molecule has 126 valence electrons. The van der Waals surface area contributed by atoms with Gasteiger partial charge in [0.1, 0.15) is 11.9 Å². The first kappa shape index (κ1) is 16.2. The van der Waals surface area contributed by atoms with E-state index in [2.05, 4.69) is 4.98 Å². The molecule has 2 N–H and O–H groups in total. The van der Waals surface area contributed by atoms with Crippen LogP contribution in [0.5, 0.6) is 5.75 Å². The third kappa shape index (κ3) is 2.90. The van der Waals surface area contributed by atoms with E-state index < -0.39 is 22.5 Å². The zero-order valence-corrected chi connectivity index (χ0v) is 13.4. The van der Waals surface area contributed by atoms with E-state index in [1.54, 1.807) is 12.1 Å². The first-order valence-electron chi connectivity index (χ1n) is 7.58. The zero-order valence-electron chi connectivity index (χ0n) is 13.4. The minimum atomic E-state index is -0.869. The van der Waals surface area contributed by atoms with Crippen LogP contribution >= 0.6 is 0 Å². The fourth-order valence-corrected chi connectivity index (χ4v) is 3.07.